The van der Waals surface area contributed by atoms with E-state index >= 15 is 0 Å². The molecule has 30 heavy (non-hydrogen) atoms. The van der Waals surface area contributed by atoms with Gasteiger partial charge in [0.1, 0.15) is 17.1 Å². The molecule has 0 aliphatic rings. The molecule has 0 aliphatic carbocycles. The number of carbonyl (C=O) groups is 1. The van der Waals surface area contributed by atoms with Crippen LogP contribution in [-0.2, 0) is 6.42 Å². The molecule has 4 rings (SSSR count). The molecule has 0 aliphatic heterocycles. The van der Waals surface area contributed by atoms with Crippen LogP contribution in [0.5, 0.6) is 5.75 Å². The molecule has 0 fully saturated rings. The molecule has 0 spiro atoms. The summed E-state index contributed by atoms with van der Waals surface area (Å²) in [5, 5.41) is 20.0. The first-order chi connectivity index (χ1) is 14.4. The maximum atomic E-state index is 14.6. The molecule has 4 aromatic rings. The Morgan fingerprint density at radius 2 is 1.77 bits per heavy atom. The first kappa shape index (κ1) is 19.8. The lowest BCUT2D eigenvalue weighted by Crippen LogP contribution is -1.99. The van der Waals surface area contributed by atoms with Crippen LogP contribution in [0.15, 0.2) is 66.7 Å². The number of benzene rings is 3. The first-order valence-electron chi connectivity index (χ1n) is 9.29. The highest BCUT2D eigenvalue weighted by Gasteiger charge is 2.17. The number of hydrogen-bond acceptors (Lipinski definition) is 4. The van der Waals surface area contributed by atoms with Gasteiger partial charge >= 0.3 is 5.97 Å². The van der Waals surface area contributed by atoms with E-state index in [4.69, 9.17) is 5.11 Å². The Morgan fingerprint density at radius 1 is 1.03 bits per heavy atom. The predicted octanol–water partition coefficient (Wildman–Crippen LogP) is 5.92. The molecule has 0 bridgehead atoms. The number of aryl methyl sites for hydroxylation is 1. The number of carboxylic acids is 1. The molecular weight excluding hydrogens is 401 g/mol. The molecular formula is C24H18FNO3S. The van der Waals surface area contributed by atoms with Crippen molar-refractivity contribution in [2.24, 2.45) is 0 Å². The van der Waals surface area contributed by atoms with E-state index in [9.17, 15) is 14.3 Å². The fraction of sp³-hybridized carbons (Fsp3) is 0.0833. The van der Waals surface area contributed by atoms with E-state index in [2.05, 4.69) is 17.1 Å². The van der Waals surface area contributed by atoms with Gasteiger partial charge in [0.15, 0.2) is 0 Å². The van der Waals surface area contributed by atoms with Crippen LogP contribution in [0.4, 0.5) is 4.39 Å². The molecule has 0 saturated heterocycles. The SMILES string of the molecule is Cc1nc(Cc2ccccc2)sc1-c1cccc(-c2cc(O)c(C(=O)O)cc2F)c1. The summed E-state index contributed by atoms with van der Waals surface area (Å²) in [7, 11) is 0. The van der Waals surface area contributed by atoms with Crippen LogP contribution < -0.4 is 0 Å². The topological polar surface area (TPSA) is 70.4 Å². The van der Waals surface area contributed by atoms with Crippen LogP contribution in [-0.4, -0.2) is 21.2 Å². The third-order valence-corrected chi connectivity index (χ3v) is 6.00. The molecule has 6 heteroatoms. The number of aromatic carboxylic acids is 1. The molecule has 1 aromatic heterocycles. The van der Waals surface area contributed by atoms with Gasteiger partial charge in [-0.3, -0.25) is 0 Å². The van der Waals surface area contributed by atoms with E-state index in [-0.39, 0.29) is 5.56 Å². The van der Waals surface area contributed by atoms with Crippen molar-refractivity contribution in [2.45, 2.75) is 13.3 Å². The Balaban J connectivity index is 1.70. The lowest BCUT2D eigenvalue weighted by Gasteiger charge is -2.08. The summed E-state index contributed by atoms with van der Waals surface area (Å²) in [6.07, 6.45) is 0.741. The second-order valence-corrected chi connectivity index (χ2v) is 8.00. The second-order valence-electron chi connectivity index (χ2n) is 6.92. The second kappa shape index (κ2) is 8.08. The Bertz CT molecular complexity index is 1230. The van der Waals surface area contributed by atoms with Crippen LogP contribution in [0.3, 0.4) is 0 Å². The number of nitrogens with zero attached hydrogens (tertiary/aromatic N) is 1. The quantitative estimate of drug-likeness (QED) is 0.421. The zero-order valence-corrected chi connectivity index (χ0v) is 16.9. The van der Waals surface area contributed by atoms with Crippen LogP contribution in [0, 0.1) is 12.7 Å². The highest BCUT2D eigenvalue weighted by atomic mass is 32.1. The number of aromatic hydroxyl groups is 1. The average Bonchev–Trinajstić information content (AvgIpc) is 3.10. The van der Waals surface area contributed by atoms with E-state index in [0.717, 1.165) is 39.7 Å². The minimum Gasteiger partial charge on any atom is -0.507 e. The molecule has 2 N–H and O–H groups in total. The standard InChI is InChI=1S/C24H18FNO3S/c1-14-23(30-22(26-14)10-15-6-3-2-4-7-15)17-9-5-8-16(11-17)18-13-21(27)19(24(28)29)12-20(18)25/h2-9,11-13,27H,10H2,1H3,(H,28,29). The monoisotopic (exact) mass is 419 g/mol. The van der Waals surface area contributed by atoms with Crippen molar-refractivity contribution in [1.29, 1.82) is 0 Å². The van der Waals surface area contributed by atoms with Crippen molar-refractivity contribution in [3.8, 4) is 27.3 Å². The van der Waals surface area contributed by atoms with E-state index in [1.54, 1.807) is 17.4 Å². The van der Waals surface area contributed by atoms with E-state index in [0.29, 0.717) is 5.56 Å². The smallest absolute Gasteiger partial charge is 0.339 e. The largest absolute Gasteiger partial charge is 0.507 e. The minimum absolute atomic E-state index is 0.144. The van der Waals surface area contributed by atoms with Gasteiger partial charge in [0.2, 0.25) is 0 Å². The highest BCUT2D eigenvalue weighted by molar-refractivity contribution is 7.15. The number of rotatable bonds is 5. The van der Waals surface area contributed by atoms with Gasteiger partial charge in [-0.2, -0.15) is 0 Å². The van der Waals surface area contributed by atoms with Crippen molar-refractivity contribution in [3.05, 3.63) is 94.4 Å². The van der Waals surface area contributed by atoms with Gasteiger partial charge in [-0.15, -0.1) is 11.3 Å². The van der Waals surface area contributed by atoms with E-state index < -0.39 is 23.1 Å². The van der Waals surface area contributed by atoms with Gasteiger partial charge in [0, 0.05) is 12.0 Å². The summed E-state index contributed by atoms with van der Waals surface area (Å²) in [5.41, 5.74) is 3.20. The van der Waals surface area contributed by atoms with Crippen LogP contribution in [0.1, 0.15) is 26.6 Å². The van der Waals surface area contributed by atoms with Crippen molar-refractivity contribution < 1.29 is 19.4 Å². The van der Waals surface area contributed by atoms with E-state index in [1.165, 1.54) is 5.56 Å². The summed E-state index contributed by atoms with van der Waals surface area (Å²) in [6.45, 7) is 1.95. The van der Waals surface area contributed by atoms with Gasteiger partial charge in [0.05, 0.1) is 15.6 Å². The molecule has 4 nitrogen and oxygen atoms in total. The number of hydrogen-bond donors (Lipinski definition) is 2. The van der Waals surface area contributed by atoms with Crippen LogP contribution in [0.2, 0.25) is 0 Å². The molecule has 0 unspecified atom stereocenters. The number of halogens is 1. The molecule has 1 heterocycles. The summed E-state index contributed by atoms with van der Waals surface area (Å²) in [5.74, 6) is -2.55. The zero-order valence-electron chi connectivity index (χ0n) is 16.1. The summed E-state index contributed by atoms with van der Waals surface area (Å²) in [4.78, 5) is 16.8. The molecule has 0 saturated carbocycles. The van der Waals surface area contributed by atoms with Crippen LogP contribution in [0.25, 0.3) is 21.6 Å². The number of phenols is 1. The van der Waals surface area contributed by atoms with Gasteiger partial charge in [-0.1, -0.05) is 48.5 Å². The Morgan fingerprint density at radius 3 is 2.50 bits per heavy atom. The predicted molar refractivity (Wildman–Crippen MR) is 116 cm³/mol. The maximum absolute atomic E-state index is 14.6. The van der Waals surface area contributed by atoms with Crippen molar-refractivity contribution in [1.82, 2.24) is 4.98 Å². The summed E-state index contributed by atoms with van der Waals surface area (Å²) < 4.78 is 14.6. The normalized spacial score (nSPS) is 10.9. The number of aromatic nitrogens is 1. The first-order valence-corrected chi connectivity index (χ1v) is 10.1. The van der Waals surface area contributed by atoms with Crippen molar-refractivity contribution in [3.63, 3.8) is 0 Å². The Labute approximate surface area is 176 Å². The van der Waals surface area contributed by atoms with Crippen LogP contribution >= 0.6 is 11.3 Å². The van der Waals surface area contributed by atoms with Crippen molar-refractivity contribution >= 4 is 17.3 Å². The Hall–Kier alpha value is -3.51. The minimum atomic E-state index is -1.38. The third-order valence-electron chi connectivity index (χ3n) is 4.79. The van der Waals surface area contributed by atoms with Gasteiger partial charge in [-0.05, 0) is 41.8 Å². The maximum Gasteiger partial charge on any atom is 0.339 e. The third kappa shape index (κ3) is 3.95. The van der Waals surface area contributed by atoms with Gasteiger partial charge < -0.3 is 10.2 Å². The molecule has 3 aromatic carbocycles. The summed E-state index contributed by atoms with van der Waals surface area (Å²) in [6, 6.07) is 19.4. The fourth-order valence-corrected chi connectivity index (χ4v) is 4.44. The lowest BCUT2D eigenvalue weighted by molar-refractivity contribution is 0.0693. The molecule has 0 atom stereocenters. The summed E-state index contributed by atoms with van der Waals surface area (Å²) >= 11 is 1.59. The number of thiazole rings is 1. The van der Waals surface area contributed by atoms with Crippen molar-refractivity contribution in [2.75, 3.05) is 0 Å². The lowest BCUT2D eigenvalue weighted by atomic mass is 9.99. The number of carboxylic acid groups (broad SMARTS) is 1. The average molecular weight is 419 g/mol. The highest BCUT2D eigenvalue weighted by Crippen LogP contribution is 2.35. The molecule has 0 amide bonds. The Kier molecular flexibility index (Phi) is 5.33. The molecule has 150 valence electrons. The van der Waals surface area contributed by atoms with E-state index in [1.807, 2.05) is 43.3 Å². The zero-order chi connectivity index (χ0) is 21.3. The van der Waals surface area contributed by atoms with Gasteiger partial charge in [0.25, 0.3) is 0 Å². The van der Waals surface area contributed by atoms with Gasteiger partial charge in [-0.25, -0.2) is 14.2 Å². The molecule has 0 radical (unpaired) electrons. The fourth-order valence-electron chi connectivity index (χ4n) is 3.35.